The van der Waals surface area contributed by atoms with Crippen molar-refractivity contribution in [3.63, 3.8) is 0 Å². The lowest BCUT2D eigenvalue weighted by molar-refractivity contribution is 0.602. The maximum absolute atomic E-state index is 4.47. The van der Waals surface area contributed by atoms with Gasteiger partial charge in [-0.1, -0.05) is 51.1 Å². The second-order valence-electron chi connectivity index (χ2n) is 4.65. The Morgan fingerprint density at radius 1 is 1.07 bits per heavy atom. The number of hydrogen-bond acceptors (Lipinski definition) is 2. The van der Waals surface area contributed by atoms with Crippen molar-refractivity contribution < 1.29 is 0 Å². The predicted molar refractivity (Wildman–Crippen MR) is 66.3 cm³/mol. The van der Waals surface area contributed by atoms with Gasteiger partial charge >= 0.3 is 0 Å². The third kappa shape index (κ3) is 2.26. The van der Waals surface area contributed by atoms with Gasteiger partial charge in [-0.05, 0) is 5.41 Å². The minimum atomic E-state index is 0.199. The molecule has 0 fully saturated rings. The summed E-state index contributed by atoms with van der Waals surface area (Å²) in [5.41, 5.74) is 1.41. The zero-order chi connectivity index (χ0) is 10.9. The molecule has 1 heterocycles. The van der Waals surface area contributed by atoms with Crippen LogP contribution in [0.5, 0.6) is 0 Å². The highest BCUT2D eigenvalue weighted by atomic mass is 32.1. The van der Waals surface area contributed by atoms with Gasteiger partial charge in [0.1, 0.15) is 5.01 Å². The van der Waals surface area contributed by atoms with Gasteiger partial charge in [0, 0.05) is 16.6 Å². The fourth-order valence-electron chi connectivity index (χ4n) is 1.34. The molecule has 0 saturated carbocycles. The Balaban J connectivity index is 2.37. The monoisotopic (exact) mass is 217 g/mol. The molecule has 0 unspecified atom stereocenters. The van der Waals surface area contributed by atoms with Crippen LogP contribution in [0.2, 0.25) is 0 Å². The van der Waals surface area contributed by atoms with Crippen LogP contribution in [-0.4, -0.2) is 4.98 Å². The normalized spacial score (nSPS) is 11.7. The van der Waals surface area contributed by atoms with Gasteiger partial charge in [0.05, 0.1) is 0 Å². The fraction of sp³-hybridized carbons (Fsp3) is 0.308. The highest BCUT2D eigenvalue weighted by Gasteiger charge is 2.17. The molecule has 15 heavy (non-hydrogen) atoms. The Bertz CT molecular complexity index is 437. The summed E-state index contributed by atoms with van der Waals surface area (Å²) in [5.74, 6) is 0. The third-order valence-electron chi connectivity index (χ3n) is 2.27. The molecule has 0 bridgehead atoms. The Kier molecular flexibility index (Phi) is 2.61. The SMILES string of the molecule is CC(C)(C)c1cnc(-c2ccccc2)s1. The summed E-state index contributed by atoms with van der Waals surface area (Å²) in [6.45, 7) is 6.65. The van der Waals surface area contributed by atoms with Gasteiger partial charge in [0.2, 0.25) is 0 Å². The number of nitrogens with zero attached hydrogens (tertiary/aromatic N) is 1. The van der Waals surface area contributed by atoms with Crippen LogP contribution in [0.4, 0.5) is 0 Å². The second kappa shape index (κ2) is 3.78. The molecule has 2 rings (SSSR count). The summed E-state index contributed by atoms with van der Waals surface area (Å²) < 4.78 is 0. The predicted octanol–water partition coefficient (Wildman–Crippen LogP) is 4.11. The lowest BCUT2D eigenvalue weighted by atomic mass is 9.96. The summed E-state index contributed by atoms with van der Waals surface area (Å²) in [7, 11) is 0. The summed E-state index contributed by atoms with van der Waals surface area (Å²) in [6.07, 6.45) is 1.99. The van der Waals surface area contributed by atoms with Crippen LogP contribution in [0.15, 0.2) is 36.5 Å². The maximum atomic E-state index is 4.47. The molecular formula is C13H15NS. The lowest BCUT2D eigenvalue weighted by Crippen LogP contribution is -2.07. The lowest BCUT2D eigenvalue weighted by Gasteiger charge is -2.14. The number of aromatic nitrogens is 1. The molecule has 2 aromatic rings. The molecule has 78 valence electrons. The van der Waals surface area contributed by atoms with E-state index in [-0.39, 0.29) is 5.41 Å². The average Bonchev–Trinajstić information content (AvgIpc) is 2.67. The summed E-state index contributed by atoms with van der Waals surface area (Å²) in [4.78, 5) is 5.81. The quantitative estimate of drug-likeness (QED) is 0.700. The number of hydrogen-bond donors (Lipinski definition) is 0. The number of thiazole rings is 1. The molecule has 0 saturated heterocycles. The highest BCUT2D eigenvalue weighted by molar-refractivity contribution is 7.15. The van der Waals surface area contributed by atoms with E-state index >= 15 is 0 Å². The van der Waals surface area contributed by atoms with Crippen molar-refractivity contribution in [2.75, 3.05) is 0 Å². The smallest absolute Gasteiger partial charge is 0.123 e. The van der Waals surface area contributed by atoms with E-state index in [1.54, 1.807) is 11.3 Å². The Morgan fingerprint density at radius 3 is 2.27 bits per heavy atom. The molecule has 0 aliphatic carbocycles. The van der Waals surface area contributed by atoms with Crippen LogP contribution >= 0.6 is 11.3 Å². The van der Waals surface area contributed by atoms with Gasteiger partial charge in [-0.3, -0.25) is 0 Å². The van der Waals surface area contributed by atoms with E-state index in [0.29, 0.717) is 0 Å². The molecular weight excluding hydrogens is 202 g/mol. The Hall–Kier alpha value is -1.15. The summed E-state index contributed by atoms with van der Waals surface area (Å²) in [6, 6.07) is 10.3. The summed E-state index contributed by atoms with van der Waals surface area (Å²) >= 11 is 1.78. The topological polar surface area (TPSA) is 12.9 Å². The highest BCUT2D eigenvalue weighted by Crippen LogP contribution is 2.32. The molecule has 2 heteroatoms. The standard InChI is InChI=1S/C13H15NS/c1-13(2,3)11-9-14-12(15-11)10-7-5-4-6-8-10/h4-9H,1-3H3. The number of rotatable bonds is 1. The van der Waals surface area contributed by atoms with E-state index in [0.717, 1.165) is 5.01 Å². The van der Waals surface area contributed by atoms with E-state index < -0.39 is 0 Å². The largest absolute Gasteiger partial charge is 0.244 e. The van der Waals surface area contributed by atoms with Gasteiger partial charge in [-0.2, -0.15) is 0 Å². The Labute approximate surface area is 94.8 Å². The minimum Gasteiger partial charge on any atom is -0.244 e. The van der Waals surface area contributed by atoms with Crippen molar-refractivity contribution in [1.29, 1.82) is 0 Å². The van der Waals surface area contributed by atoms with Crippen molar-refractivity contribution in [2.24, 2.45) is 0 Å². The molecule has 0 radical (unpaired) electrons. The molecule has 1 nitrogen and oxygen atoms in total. The minimum absolute atomic E-state index is 0.199. The zero-order valence-electron chi connectivity index (χ0n) is 9.32. The van der Waals surface area contributed by atoms with Crippen molar-refractivity contribution in [1.82, 2.24) is 4.98 Å². The third-order valence-corrected chi connectivity index (χ3v) is 3.74. The van der Waals surface area contributed by atoms with Crippen molar-refractivity contribution in [3.05, 3.63) is 41.4 Å². The van der Waals surface area contributed by atoms with Crippen molar-refractivity contribution in [2.45, 2.75) is 26.2 Å². The van der Waals surface area contributed by atoms with Gasteiger partial charge in [0.25, 0.3) is 0 Å². The first-order chi connectivity index (χ1) is 7.07. The van der Waals surface area contributed by atoms with Gasteiger partial charge in [-0.25, -0.2) is 4.98 Å². The van der Waals surface area contributed by atoms with Crippen LogP contribution in [0.1, 0.15) is 25.6 Å². The zero-order valence-corrected chi connectivity index (χ0v) is 10.1. The van der Waals surface area contributed by atoms with E-state index in [2.05, 4.69) is 37.9 Å². The molecule has 0 aliphatic heterocycles. The average molecular weight is 217 g/mol. The van der Waals surface area contributed by atoms with E-state index in [4.69, 9.17) is 0 Å². The van der Waals surface area contributed by atoms with Crippen LogP contribution in [-0.2, 0) is 5.41 Å². The van der Waals surface area contributed by atoms with Gasteiger partial charge < -0.3 is 0 Å². The van der Waals surface area contributed by atoms with Crippen LogP contribution in [0, 0.1) is 0 Å². The molecule has 0 amide bonds. The second-order valence-corrected chi connectivity index (χ2v) is 5.68. The molecule has 0 N–H and O–H groups in total. The van der Waals surface area contributed by atoms with Gasteiger partial charge in [0.15, 0.2) is 0 Å². The Morgan fingerprint density at radius 2 is 1.73 bits per heavy atom. The molecule has 0 atom stereocenters. The van der Waals surface area contributed by atoms with E-state index in [1.807, 2.05) is 24.4 Å². The van der Waals surface area contributed by atoms with Gasteiger partial charge in [-0.15, -0.1) is 11.3 Å². The van der Waals surface area contributed by atoms with Crippen LogP contribution in [0.3, 0.4) is 0 Å². The number of benzene rings is 1. The fourth-order valence-corrected chi connectivity index (χ4v) is 2.31. The molecule has 1 aromatic heterocycles. The maximum Gasteiger partial charge on any atom is 0.123 e. The first kappa shape index (κ1) is 10.4. The van der Waals surface area contributed by atoms with E-state index in [1.165, 1.54) is 10.4 Å². The first-order valence-corrected chi connectivity index (χ1v) is 5.91. The van der Waals surface area contributed by atoms with Crippen LogP contribution in [0.25, 0.3) is 10.6 Å². The first-order valence-electron chi connectivity index (χ1n) is 5.09. The molecule has 0 spiro atoms. The van der Waals surface area contributed by atoms with Crippen molar-refractivity contribution >= 4 is 11.3 Å². The van der Waals surface area contributed by atoms with Crippen LogP contribution < -0.4 is 0 Å². The molecule has 0 aliphatic rings. The summed E-state index contributed by atoms with van der Waals surface area (Å²) in [5, 5.41) is 1.11. The molecule has 1 aromatic carbocycles. The van der Waals surface area contributed by atoms with E-state index in [9.17, 15) is 0 Å². The van der Waals surface area contributed by atoms with Crippen molar-refractivity contribution in [3.8, 4) is 10.6 Å².